The normalized spacial score (nSPS) is 10.4. The Kier molecular flexibility index (Phi) is 7.37. The van der Waals surface area contributed by atoms with Gasteiger partial charge in [0, 0.05) is 10.0 Å². The number of carbonyl (C=O) groups is 2. The molecule has 0 aromatic heterocycles. The number of rotatable bonds is 6. The monoisotopic (exact) mass is 435 g/mol. The Morgan fingerprint density at radius 2 is 2.00 bits per heavy atom. The second-order valence-corrected chi connectivity index (χ2v) is 6.24. The lowest BCUT2D eigenvalue weighted by Crippen LogP contribution is -2.32. The number of anilines is 1. The van der Waals surface area contributed by atoms with Gasteiger partial charge in [0.2, 0.25) is 0 Å². The summed E-state index contributed by atoms with van der Waals surface area (Å²) in [5.74, 6) is -1.25. The fraction of sp³-hybridized carbons (Fsp3) is 0.0556. The smallest absolute Gasteiger partial charge is 0.329 e. The number of amides is 2. The van der Waals surface area contributed by atoms with Gasteiger partial charge in [-0.1, -0.05) is 52.3 Å². The van der Waals surface area contributed by atoms with Crippen LogP contribution in [0.15, 0.2) is 64.7 Å². The first-order valence-corrected chi connectivity index (χ1v) is 8.60. The highest BCUT2D eigenvalue weighted by molar-refractivity contribution is 9.10. The van der Waals surface area contributed by atoms with Crippen molar-refractivity contribution in [2.45, 2.75) is 0 Å². The van der Waals surface area contributed by atoms with Crippen LogP contribution in [0.25, 0.3) is 0 Å². The number of benzene rings is 2. The van der Waals surface area contributed by atoms with E-state index in [2.05, 4.69) is 38.4 Å². The molecule has 0 spiro atoms. The van der Waals surface area contributed by atoms with Crippen molar-refractivity contribution in [1.29, 1.82) is 0 Å². The van der Waals surface area contributed by atoms with Gasteiger partial charge in [0.25, 0.3) is 0 Å². The topological polar surface area (TPSA) is 79.8 Å². The molecular formula is C18H15BrClN3O3. The molecule has 0 radical (unpaired) electrons. The lowest BCUT2D eigenvalue weighted by atomic mass is 10.2. The van der Waals surface area contributed by atoms with Gasteiger partial charge in [-0.25, -0.2) is 5.43 Å². The van der Waals surface area contributed by atoms with Crippen LogP contribution in [0.2, 0.25) is 5.02 Å². The van der Waals surface area contributed by atoms with E-state index in [9.17, 15) is 9.59 Å². The van der Waals surface area contributed by atoms with E-state index in [0.717, 1.165) is 4.47 Å². The van der Waals surface area contributed by atoms with Gasteiger partial charge in [0.05, 0.1) is 16.9 Å². The van der Waals surface area contributed by atoms with Crippen LogP contribution in [-0.2, 0) is 9.59 Å². The van der Waals surface area contributed by atoms with E-state index in [1.807, 2.05) is 6.07 Å². The first-order chi connectivity index (χ1) is 12.5. The summed E-state index contributed by atoms with van der Waals surface area (Å²) in [7, 11) is 0. The van der Waals surface area contributed by atoms with Crippen molar-refractivity contribution < 1.29 is 14.3 Å². The Labute approximate surface area is 164 Å². The van der Waals surface area contributed by atoms with Crippen LogP contribution in [0.1, 0.15) is 5.56 Å². The number of ether oxygens (including phenoxy) is 1. The summed E-state index contributed by atoms with van der Waals surface area (Å²) >= 11 is 9.28. The molecule has 134 valence electrons. The van der Waals surface area contributed by atoms with E-state index >= 15 is 0 Å². The Balaban J connectivity index is 2.00. The van der Waals surface area contributed by atoms with Gasteiger partial charge in [-0.2, -0.15) is 5.10 Å². The molecule has 0 aliphatic heterocycles. The fourth-order valence-corrected chi connectivity index (χ4v) is 2.42. The minimum absolute atomic E-state index is 0.328. The third kappa shape index (κ3) is 5.72. The van der Waals surface area contributed by atoms with Gasteiger partial charge in [0.1, 0.15) is 12.4 Å². The molecule has 0 heterocycles. The molecule has 0 fully saturated rings. The highest BCUT2D eigenvalue weighted by Crippen LogP contribution is 2.22. The van der Waals surface area contributed by atoms with Crippen molar-refractivity contribution in [3.63, 3.8) is 0 Å². The maximum Gasteiger partial charge on any atom is 0.329 e. The number of para-hydroxylation sites is 1. The van der Waals surface area contributed by atoms with E-state index < -0.39 is 11.8 Å². The maximum atomic E-state index is 11.9. The SMILES string of the molecule is C=CCOc1ccc(Br)cc1/C=N\NC(=O)C(=O)Nc1ccccc1Cl. The third-order valence-electron chi connectivity index (χ3n) is 3.03. The molecule has 26 heavy (non-hydrogen) atoms. The van der Waals surface area contributed by atoms with Crippen molar-refractivity contribution in [3.05, 3.63) is 70.2 Å². The second-order valence-electron chi connectivity index (χ2n) is 4.91. The summed E-state index contributed by atoms with van der Waals surface area (Å²) < 4.78 is 6.31. The minimum atomic E-state index is -0.926. The molecule has 0 atom stereocenters. The molecular weight excluding hydrogens is 422 g/mol. The Bertz CT molecular complexity index is 855. The molecule has 2 rings (SSSR count). The van der Waals surface area contributed by atoms with Gasteiger partial charge in [-0.15, -0.1) is 0 Å². The zero-order valence-corrected chi connectivity index (χ0v) is 15.9. The average Bonchev–Trinajstić information content (AvgIpc) is 2.62. The van der Waals surface area contributed by atoms with Crippen LogP contribution in [-0.4, -0.2) is 24.6 Å². The van der Waals surface area contributed by atoms with Crippen LogP contribution < -0.4 is 15.5 Å². The highest BCUT2D eigenvalue weighted by atomic mass is 79.9. The number of nitrogens with one attached hydrogen (secondary N) is 2. The molecule has 0 bridgehead atoms. The summed E-state index contributed by atoms with van der Waals surface area (Å²) in [5.41, 5.74) is 3.11. The number of hydrogen-bond donors (Lipinski definition) is 2. The molecule has 0 saturated carbocycles. The lowest BCUT2D eigenvalue weighted by molar-refractivity contribution is -0.136. The number of hydrazone groups is 1. The van der Waals surface area contributed by atoms with Gasteiger partial charge in [-0.3, -0.25) is 9.59 Å². The van der Waals surface area contributed by atoms with Crippen molar-refractivity contribution in [3.8, 4) is 5.75 Å². The van der Waals surface area contributed by atoms with E-state index in [1.54, 1.807) is 42.5 Å². The van der Waals surface area contributed by atoms with Crippen LogP contribution in [0.4, 0.5) is 5.69 Å². The Morgan fingerprint density at radius 3 is 2.73 bits per heavy atom. The number of halogens is 2. The van der Waals surface area contributed by atoms with Crippen LogP contribution >= 0.6 is 27.5 Å². The van der Waals surface area contributed by atoms with Crippen molar-refractivity contribution >= 4 is 51.2 Å². The first kappa shape index (κ1) is 19.7. The summed E-state index contributed by atoms with van der Waals surface area (Å²) in [6.07, 6.45) is 2.99. The van der Waals surface area contributed by atoms with Crippen LogP contribution in [0, 0.1) is 0 Å². The molecule has 0 aliphatic rings. The van der Waals surface area contributed by atoms with Gasteiger partial charge in [-0.05, 0) is 30.3 Å². The third-order valence-corrected chi connectivity index (χ3v) is 3.85. The molecule has 0 aliphatic carbocycles. The lowest BCUT2D eigenvalue weighted by Gasteiger charge is -2.07. The van der Waals surface area contributed by atoms with Crippen molar-refractivity contribution in [2.75, 3.05) is 11.9 Å². The predicted octanol–water partition coefficient (Wildman–Crippen LogP) is 3.76. The summed E-state index contributed by atoms with van der Waals surface area (Å²) in [4.78, 5) is 23.7. The first-order valence-electron chi connectivity index (χ1n) is 7.43. The highest BCUT2D eigenvalue weighted by Gasteiger charge is 2.14. The van der Waals surface area contributed by atoms with E-state index in [-0.39, 0.29) is 0 Å². The summed E-state index contributed by atoms with van der Waals surface area (Å²) in [5, 5.41) is 6.53. The summed E-state index contributed by atoms with van der Waals surface area (Å²) in [6, 6.07) is 11.9. The molecule has 2 amide bonds. The Hall–Kier alpha value is -2.64. The standard InChI is InChI=1S/C18H15BrClN3O3/c1-2-9-26-16-8-7-13(19)10-12(16)11-21-23-18(25)17(24)22-15-6-4-3-5-14(15)20/h2-8,10-11H,1,9H2,(H,22,24)(H,23,25)/b21-11-. The number of hydrogen-bond acceptors (Lipinski definition) is 4. The predicted molar refractivity (Wildman–Crippen MR) is 106 cm³/mol. The van der Waals surface area contributed by atoms with Crippen LogP contribution in [0.3, 0.4) is 0 Å². The zero-order valence-electron chi connectivity index (χ0n) is 13.5. The van der Waals surface area contributed by atoms with E-state index in [4.69, 9.17) is 16.3 Å². The minimum Gasteiger partial charge on any atom is -0.489 e. The molecule has 6 nitrogen and oxygen atoms in total. The molecule has 2 aromatic rings. The van der Waals surface area contributed by atoms with Crippen LogP contribution in [0.5, 0.6) is 5.75 Å². The van der Waals surface area contributed by atoms with E-state index in [1.165, 1.54) is 6.21 Å². The van der Waals surface area contributed by atoms with Gasteiger partial charge in [0.15, 0.2) is 0 Å². The zero-order chi connectivity index (χ0) is 18.9. The largest absolute Gasteiger partial charge is 0.489 e. The summed E-state index contributed by atoms with van der Waals surface area (Å²) in [6.45, 7) is 3.92. The maximum absolute atomic E-state index is 11.9. The average molecular weight is 437 g/mol. The van der Waals surface area contributed by atoms with Gasteiger partial charge < -0.3 is 10.1 Å². The molecule has 0 saturated heterocycles. The number of carbonyl (C=O) groups excluding carboxylic acids is 2. The quantitative estimate of drug-likeness (QED) is 0.313. The molecule has 2 N–H and O–H groups in total. The molecule has 8 heteroatoms. The second kappa shape index (κ2) is 9.74. The van der Waals surface area contributed by atoms with Gasteiger partial charge >= 0.3 is 11.8 Å². The molecule has 2 aromatic carbocycles. The Morgan fingerprint density at radius 1 is 1.23 bits per heavy atom. The fourth-order valence-electron chi connectivity index (χ4n) is 1.85. The molecule has 0 unspecified atom stereocenters. The van der Waals surface area contributed by atoms with E-state index in [0.29, 0.717) is 28.6 Å². The van der Waals surface area contributed by atoms with Crippen molar-refractivity contribution in [2.24, 2.45) is 5.10 Å². The number of nitrogens with zero attached hydrogens (tertiary/aromatic N) is 1. The van der Waals surface area contributed by atoms with Crippen molar-refractivity contribution in [1.82, 2.24) is 5.43 Å².